The fourth-order valence-electron chi connectivity index (χ4n) is 2.60. The summed E-state index contributed by atoms with van der Waals surface area (Å²) in [5.74, 6) is -0.439. The summed E-state index contributed by atoms with van der Waals surface area (Å²) in [7, 11) is 0. The van der Waals surface area contributed by atoms with E-state index in [2.05, 4.69) is 20.3 Å². The minimum Gasteiger partial charge on any atom is -0.438 e. The molecule has 1 N–H and O–H groups in total. The molecular weight excluding hydrogens is 429 g/mol. The van der Waals surface area contributed by atoms with Gasteiger partial charge in [0.05, 0.1) is 11.3 Å². The predicted octanol–water partition coefficient (Wildman–Crippen LogP) is 5.66. The van der Waals surface area contributed by atoms with Crippen LogP contribution in [0.3, 0.4) is 0 Å². The Morgan fingerprint density at radius 2 is 1.71 bits per heavy atom. The first-order valence-corrected chi connectivity index (χ1v) is 9.76. The molecule has 0 radical (unpaired) electrons. The van der Waals surface area contributed by atoms with Crippen LogP contribution < -0.4 is 10.1 Å². The Balaban J connectivity index is 1.50. The van der Waals surface area contributed by atoms with Crippen molar-refractivity contribution in [2.24, 2.45) is 0 Å². The first-order valence-electron chi connectivity index (χ1n) is 8.88. The van der Waals surface area contributed by atoms with Crippen molar-refractivity contribution in [3.05, 3.63) is 83.5 Å². The van der Waals surface area contributed by atoms with E-state index in [9.17, 15) is 18.0 Å². The summed E-state index contributed by atoms with van der Waals surface area (Å²) in [5, 5.41) is 4.80. The minimum atomic E-state index is -4.45. The number of hydrogen-bond donors (Lipinski definition) is 1. The van der Waals surface area contributed by atoms with Crippen molar-refractivity contribution in [3.8, 4) is 23.0 Å². The van der Waals surface area contributed by atoms with E-state index in [0.29, 0.717) is 16.5 Å². The number of ether oxygens (including phenoxy) is 1. The second-order valence-corrected chi connectivity index (χ2v) is 7.05. The Morgan fingerprint density at radius 1 is 0.935 bits per heavy atom. The number of hydrogen-bond acceptors (Lipinski definition) is 6. The van der Waals surface area contributed by atoms with Crippen LogP contribution in [-0.4, -0.2) is 20.9 Å². The molecule has 0 spiro atoms. The first kappa shape index (κ1) is 20.5. The molecule has 4 aromatic rings. The maximum atomic E-state index is 12.7. The fourth-order valence-corrected chi connectivity index (χ4v) is 3.30. The Hall–Kier alpha value is -3.79. The molecule has 10 heteroatoms. The van der Waals surface area contributed by atoms with E-state index in [0.717, 1.165) is 12.1 Å². The molecule has 0 aliphatic heterocycles. The molecule has 0 saturated heterocycles. The third-order valence-corrected chi connectivity index (χ3v) is 4.82. The number of halogens is 3. The molecule has 3 heterocycles. The van der Waals surface area contributed by atoms with Crippen LogP contribution in [0.5, 0.6) is 11.6 Å². The molecule has 0 fully saturated rings. The van der Waals surface area contributed by atoms with E-state index in [1.54, 1.807) is 29.8 Å². The number of thiazole rings is 1. The third kappa shape index (κ3) is 4.86. The van der Waals surface area contributed by atoms with Crippen LogP contribution in [0.1, 0.15) is 15.9 Å². The van der Waals surface area contributed by atoms with Crippen LogP contribution >= 0.6 is 11.3 Å². The lowest BCUT2D eigenvalue weighted by atomic mass is 10.2. The Labute approximate surface area is 178 Å². The second kappa shape index (κ2) is 8.52. The van der Waals surface area contributed by atoms with Crippen LogP contribution in [0.2, 0.25) is 0 Å². The lowest BCUT2D eigenvalue weighted by molar-refractivity contribution is -0.137. The molecule has 0 bridgehead atoms. The highest BCUT2D eigenvalue weighted by Crippen LogP contribution is 2.32. The first-order chi connectivity index (χ1) is 14.9. The monoisotopic (exact) mass is 442 g/mol. The Bertz CT molecular complexity index is 1200. The van der Waals surface area contributed by atoms with Crippen molar-refractivity contribution in [3.63, 3.8) is 0 Å². The van der Waals surface area contributed by atoms with Crippen LogP contribution in [0.4, 0.5) is 18.3 Å². The number of carbonyl (C=O) groups excluding carboxylic acids is 1. The van der Waals surface area contributed by atoms with E-state index >= 15 is 0 Å². The molecule has 4 rings (SSSR count). The average molecular weight is 442 g/mol. The van der Waals surface area contributed by atoms with E-state index in [-0.39, 0.29) is 17.2 Å². The van der Waals surface area contributed by atoms with Crippen molar-refractivity contribution in [2.45, 2.75) is 6.18 Å². The lowest BCUT2D eigenvalue weighted by Crippen LogP contribution is -2.13. The van der Waals surface area contributed by atoms with Crippen LogP contribution in [0.25, 0.3) is 11.4 Å². The van der Waals surface area contributed by atoms with E-state index in [1.807, 2.05) is 6.07 Å². The molecule has 31 heavy (non-hydrogen) atoms. The molecule has 0 aliphatic rings. The highest BCUT2D eigenvalue weighted by atomic mass is 32.1. The van der Waals surface area contributed by atoms with Gasteiger partial charge < -0.3 is 4.74 Å². The van der Waals surface area contributed by atoms with E-state index < -0.39 is 17.6 Å². The summed E-state index contributed by atoms with van der Waals surface area (Å²) in [6.45, 7) is 0. The highest BCUT2D eigenvalue weighted by molar-refractivity contribution is 7.14. The molecule has 156 valence electrons. The Morgan fingerprint density at radius 3 is 2.42 bits per heavy atom. The molecule has 3 aromatic heterocycles. The number of anilines is 1. The topological polar surface area (TPSA) is 77.0 Å². The number of amides is 1. The van der Waals surface area contributed by atoms with Gasteiger partial charge in [-0.3, -0.25) is 15.1 Å². The maximum absolute atomic E-state index is 12.7. The number of aromatic nitrogens is 3. The summed E-state index contributed by atoms with van der Waals surface area (Å²) in [5.41, 5.74) is 0.601. The predicted molar refractivity (Wildman–Crippen MR) is 109 cm³/mol. The van der Waals surface area contributed by atoms with Gasteiger partial charge in [0.1, 0.15) is 17.0 Å². The van der Waals surface area contributed by atoms with Gasteiger partial charge in [0, 0.05) is 17.8 Å². The smallest absolute Gasteiger partial charge is 0.416 e. The molecular formula is C21H13F3N4O2S. The van der Waals surface area contributed by atoms with Crippen molar-refractivity contribution >= 4 is 22.4 Å². The summed E-state index contributed by atoms with van der Waals surface area (Å²) in [6, 6.07) is 12.6. The number of alkyl halides is 3. The van der Waals surface area contributed by atoms with Gasteiger partial charge in [0.25, 0.3) is 5.91 Å². The summed E-state index contributed by atoms with van der Waals surface area (Å²) >= 11 is 1.23. The highest BCUT2D eigenvalue weighted by Gasteiger charge is 2.30. The van der Waals surface area contributed by atoms with Crippen molar-refractivity contribution in [1.82, 2.24) is 15.0 Å². The van der Waals surface area contributed by atoms with Gasteiger partial charge in [-0.05, 0) is 48.5 Å². The molecule has 0 saturated carbocycles. The molecule has 0 unspecified atom stereocenters. The van der Waals surface area contributed by atoms with Crippen LogP contribution in [0, 0.1) is 0 Å². The number of carbonyl (C=O) groups is 1. The normalized spacial score (nSPS) is 11.2. The van der Waals surface area contributed by atoms with Gasteiger partial charge >= 0.3 is 6.18 Å². The second-order valence-electron chi connectivity index (χ2n) is 6.19. The Kier molecular flexibility index (Phi) is 5.63. The van der Waals surface area contributed by atoms with Gasteiger partial charge in [-0.15, -0.1) is 11.3 Å². The molecule has 1 aromatic carbocycles. The number of nitrogens with zero attached hydrogens (tertiary/aromatic N) is 3. The van der Waals surface area contributed by atoms with Gasteiger partial charge in [0.2, 0.25) is 5.88 Å². The zero-order valence-electron chi connectivity index (χ0n) is 15.6. The zero-order chi connectivity index (χ0) is 21.8. The summed E-state index contributed by atoms with van der Waals surface area (Å²) in [6.07, 6.45) is -1.39. The quantitative estimate of drug-likeness (QED) is 0.431. The van der Waals surface area contributed by atoms with Crippen molar-refractivity contribution in [2.75, 3.05) is 5.32 Å². The van der Waals surface area contributed by atoms with Crippen LogP contribution in [0.15, 0.2) is 72.4 Å². The van der Waals surface area contributed by atoms with Crippen molar-refractivity contribution in [1.29, 1.82) is 0 Å². The molecule has 6 nitrogen and oxygen atoms in total. The lowest BCUT2D eigenvalue weighted by Gasteiger charge is -2.11. The van der Waals surface area contributed by atoms with Gasteiger partial charge in [0.15, 0.2) is 5.13 Å². The van der Waals surface area contributed by atoms with Gasteiger partial charge in [-0.1, -0.05) is 6.07 Å². The van der Waals surface area contributed by atoms with E-state index in [4.69, 9.17) is 4.74 Å². The number of rotatable bonds is 5. The number of nitrogens with one attached hydrogen (secondary N) is 1. The molecule has 0 aliphatic carbocycles. The third-order valence-electron chi connectivity index (χ3n) is 4.06. The summed E-state index contributed by atoms with van der Waals surface area (Å²) < 4.78 is 43.7. The van der Waals surface area contributed by atoms with Gasteiger partial charge in [-0.25, -0.2) is 9.97 Å². The standard InChI is InChI=1S/C21H13F3N4O2S/c22-21(23,24)13-6-8-14(9-7-13)30-19-15(4-3-11-26-19)18(29)28-20-27-17(12-31-20)16-5-1-2-10-25-16/h1-12H,(H,27,28,29). The average Bonchev–Trinajstić information content (AvgIpc) is 3.23. The SMILES string of the molecule is O=C(Nc1nc(-c2ccccn2)cs1)c1cccnc1Oc1ccc(C(F)(F)F)cc1. The van der Waals surface area contributed by atoms with Crippen molar-refractivity contribution < 1.29 is 22.7 Å². The fraction of sp³-hybridized carbons (Fsp3) is 0.0476. The van der Waals surface area contributed by atoms with Gasteiger partial charge in [-0.2, -0.15) is 13.2 Å². The van der Waals surface area contributed by atoms with Crippen LogP contribution in [-0.2, 0) is 6.18 Å². The minimum absolute atomic E-state index is 0.0405. The number of pyridine rings is 2. The molecule has 0 atom stereocenters. The zero-order valence-corrected chi connectivity index (χ0v) is 16.4. The number of benzene rings is 1. The van der Waals surface area contributed by atoms with E-state index in [1.165, 1.54) is 35.7 Å². The summed E-state index contributed by atoms with van der Waals surface area (Å²) in [4.78, 5) is 25.3. The largest absolute Gasteiger partial charge is 0.438 e. The molecule has 1 amide bonds. The maximum Gasteiger partial charge on any atom is 0.416 e.